The van der Waals surface area contributed by atoms with Crippen molar-refractivity contribution >= 4 is 27.3 Å². The minimum absolute atomic E-state index is 0.0224. The van der Waals surface area contributed by atoms with Gasteiger partial charge < -0.3 is 9.84 Å². The lowest BCUT2D eigenvalue weighted by molar-refractivity contribution is -0.126. The molecule has 1 N–H and O–H groups in total. The first-order valence-electron chi connectivity index (χ1n) is 10.00. The van der Waals surface area contributed by atoms with Crippen LogP contribution in [0.1, 0.15) is 50.8 Å². The number of amides is 1. The number of thiophene rings is 1. The van der Waals surface area contributed by atoms with Crippen LogP contribution >= 0.6 is 11.3 Å². The molecule has 160 valence electrons. The first-order valence-corrected chi connectivity index (χ1v) is 12.3. The van der Waals surface area contributed by atoms with Crippen LogP contribution in [0.25, 0.3) is 10.7 Å². The molecule has 1 saturated heterocycles. The van der Waals surface area contributed by atoms with Crippen molar-refractivity contribution in [2.75, 3.05) is 13.1 Å². The molecule has 8 nitrogen and oxygen atoms in total. The Morgan fingerprint density at radius 3 is 2.66 bits per heavy atom. The number of nitrogens with zero attached hydrogens (tertiary/aromatic N) is 3. The Kier molecular flexibility index (Phi) is 6.75. The topological polar surface area (TPSA) is 105 Å². The number of hydrogen-bond donors (Lipinski definition) is 1. The molecule has 3 heterocycles. The first-order chi connectivity index (χ1) is 13.8. The van der Waals surface area contributed by atoms with Gasteiger partial charge in [-0.25, -0.2) is 8.42 Å². The van der Waals surface area contributed by atoms with Crippen molar-refractivity contribution in [2.24, 2.45) is 5.92 Å². The molecule has 0 radical (unpaired) electrons. The van der Waals surface area contributed by atoms with E-state index < -0.39 is 10.0 Å². The maximum absolute atomic E-state index is 13.2. The minimum atomic E-state index is -3.63. The number of rotatable bonds is 7. The summed E-state index contributed by atoms with van der Waals surface area (Å²) in [6.45, 7) is 8.38. The highest BCUT2D eigenvalue weighted by Gasteiger charge is 2.34. The molecular weight excluding hydrogens is 412 g/mol. The average Bonchev–Trinajstić information content (AvgIpc) is 3.34. The van der Waals surface area contributed by atoms with Crippen LogP contribution in [0.3, 0.4) is 0 Å². The van der Waals surface area contributed by atoms with Crippen molar-refractivity contribution in [3.63, 3.8) is 0 Å². The van der Waals surface area contributed by atoms with E-state index in [2.05, 4.69) is 15.5 Å². The molecule has 3 rings (SSSR count). The molecule has 0 unspecified atom stereocenters. The van der Waals surface area contributed by atoms with Gasteiger partial charge in [-0.2, -0.15) is 9.29 Å². The second kappa shape index (κ2) is 8.93. The van der Waals surface area contributed by atoms with E-state index in [1.165, 1.54) is 15.6 Å². The van der Waals surface area contributed by atoms with Crippen molar-refractivity contribution in [3.8, 4) is 10.7 Å². The monoisotopic (exact) mass is 440 g/mol. The van der Waals surface area contributed by atoms with Gasteiger partial charge in [-0.15, -0.1) is 11.3 Å². The van der Waals surface area contributed by atoms with Gasteiger partial charge in [0.25, 0.3) is 0 Å². The van der Waals surface area contributed by atoms with Gasteiger partial charge in [0.05, 0.1) is 9.77 Å². The molecule has 1 aliphatic heterocycles. The highest BCUT2D eigenvalue weighted by Crippen LogP contribution is 2.34. The lowest BCUT2D eigenvalue weighted by Crippen LogP contribution is -2.44. The maximum atomic E-state index is 13.2. The summed E-state index contributed by atoms with van der Waals surface area (Å²) in [6, 6.07) is 1.76. The van der Waals surface area contributed by atoms with Crippen LogP contribution < -0.4 is 5.32 Å². The zero-order valence-corrected chi connectivity index (χ0v) is 18.9. The molecule has 1 fully saturated rings. The predicted molar refractivity (Wildman–Crippen MR) is 111 cm³/mol. The zero-order chi connectivity index (χ0) is 21.2. The molecule has 2 aromatic heterocycles. The van der Waals surface area contributed by atoms with Crippen LogP contribution in [0.2, 0.25) is 0 Å². The Morgan fingerprint density at radius 2 is 2.07 bits per heavy atom. The minimum Gasteiger partial charge on any atom is -0.353 e. The van der Waals surface area contributed by atoms with E-state index in [4.69, 9.17) is 4.52 Å². The largest absolute Gasteiger partial charge is 0.353 e. The molecule has 1 atom stereocenters. The molecule has 1 aliphatic rings. The van der Waals surface area contributed by atoms with Crippen molar-refractivity contribution in [1.29, 1.82) is 0 Å². The molecule has 2 aromatic rings. The Morgan fingerprint density at radius 1 is 1.38 bits per heavy atom. The third kappa shape index (κ3) is 4.70. The Labute approximate surface area is 175 Å². The van der Waals surface area contributed by atoms with Gasteiger partial charge in [-0.3, -0.25) is 4.79 Å². The highest BCUT2D eigenvalue weighted by atomic mass is 32.2. The van der Waals surface area contributed by atoms with Crippen LogP contribution in [0, 0.1) is 12.8 Å². The molecule has 0 spiro atoms. The molecule has 0 bridgehead atoms. The second-order valence-corrected chi connectivity index (χ2v) is 10.6. The van der Waals surface area contributed by atoms with Gasteiger partial charge in [0.2, 0.25) is 27.6 Å². The number of aromatic nitrogens is 2. The van der Waals surface area contributed by atoms with Crippen molar-refractivity contribution in [1.82, 2.24) is 19.8 Å². The van der Waals surface area contributed by atoms with Crippen LogP contribution in [0.4, 0.5) is 0 Å². The number of hydrogen-bond acceptors (Lipinski definition) is 7. The van der Waals surface area contributed by atoms with E-state index in [1.54, 1.807) is 13.0 Å². The Bertz CT molecular complexity index is 959. The third-order valence-electron chi connectivity index (χ3n) is 5.31. The summed E-state index contributed by atoms with van der Waals surface area (Å²) in [6.07, 6.45) is 2.56. The summed E-state index contributed by atoms with van der Waals surface area (Å²) in [5, 5.41) is 6.93. The summed E-state index contributed by atoms with van der Waals surface area (Å²) >= 11 is 1.34. The quantitative estimate of drug-likeness (QED) is 0.710. The third-order valence-corrected chi connectivity index (χ3v) is 8.51. The van der Waals surface area contributed by atoms with E-state index in [9.17, 15) is 13.2 Å². The standard InChI is InChI=1S/C19H28N4O4S2/c1-5-12(3)20-19(24)14-7-9-23(10-8-14)29(25,26)16-11-15(28-13(16)4)18-21-17(6-2)27-22-18/h11-12,14H,5-10H2,1-4H3,(H,20,24)/t12-/m0/s1. The summed E-state index contributed by atoms with van der Waals surface area (Å²) in [5.41, 5.74) is 0. The summed E-state index contributed by atoms with van der Waals surface area (Å²) in [7, 11) is -3.63. The van der Waals surface area contributed by atoms with Gasteiger partial charge in [0, 0.05) is 36.3 Å². The number of carbonyl (C=O) groups excluding carboxylic acids is 1. The van der Waals surface area contributed by atoms with Gasteiger partial charge in [-0.05, 0) is 39.2 Å². The molecule has 1 amide bonds. The maximum Gasteiger partial charge on any atom is 0.244 e. The SMILES string of the molecule is CCc1nc(-c2cc(S(=O)(=O)N3CCC(C(=O)N[C@@H](C)CC)CC3)c(C)s2)no1. The van der Waals surface area contributed by atoms with Crippen molar-refractivity contribution in [3.05, 3.63) is 16.8 Å². The number of nitrogens with one attached hydrogen (secondary N) is 1. The predicted octanol–water partition coefficient (Wildman–Crippen LogP) is 2.98. The Hall–Kier alpha value is -1.78. The van der Waals surface area contributed by atoms with Crippen molar-refractivity contribution in [2.45, 2.75) is 64.3 Å². The van der Waals surface area contributed by atoms with Gasteiger partial charge in [0.15, 0.2) is 0 Å². The van der Waals surface area contributed by atoms with E-state index in [0.29, 0.717) is 53.8 Å². The number of aryl methyl sites for hydroxylation is 2. The van der Waals surface area contributed by atoms with E-state index in [-0.39, 0.29) is 22.8 Å². The van der Waals surface area contributed by atoms with E-state index in [1.807, 2.05) is 20.8 Å². The lowest BCUT2D eigenvalue weighted by Gasteiger charge is -2.31. The second-order valence-electron chi connectivity index (χ2n) is 7.39. The van der Waals surface area contributed by atoms with E-state index >= 15 is 0 Å². The molecule has 0 aliphatic carbocycles. The van der Waals surface area contributed by atoms with Gasteiger partial charge >= 0.3 is 0 Å². The highest BCUT2D eigenvalue weighted by molar-refractivity contribution is 7.89. The molecule has 10 heteroatoms. The fourth-order valence-corrected chi connectivity index (χ4v) is 6.25. The summed E-state index contributed by atoms with van der Waals surface area (Å²) in [4.78, 5) is 18.3. The van der Waals surface area contributed by atoms with Crippen LogP contribution in [-0.2, 0) is 21.2 Å². The zero-order valence-electron chi connectivity index (χ0n) is 17.3. The van der Waals surface area contributed by atoms with Crippen LogP contribution in [-0.4, -0.2) is 47.9 Å². The molecule has 29 heavy (non-hydrogen) atoms. The fourth-order valence-electron chi connectivity index (χ4n) is 3.29. The first kappa shape index (κ1) is 21.9. The smallest absolute Gasteiger partial charge is 0.244 e. The molecular formula is C19H28N4O4S2. The normalized spacial score (nSPS) is 17.4. The summed E-state index contributed by atoms with van der Waals surface area (Å²) in [5.74, 6) is 0.820. The van der Waals surface area contributed by atoms with Gasteiger partial charge in [-0.1, -0.05) is 19.0 Å². The fraction of sp³-hybridized carbons (Fsp3) is 0.632. The van der Waals surface area contributed by atoms with Crippen LogP contribution in [0.5, 0.6) is 0 Å². The summed E-state index contributed by atoms with van der Waals surface area (Å²) < 4.78 is 33.0. The lowest BCUT2D eigenvalue weighted by atomic mass is 9.97. The molecule has 0 saturated carbocycles. The van der Waals surface area contributed by atoms with Crippen molar-refractivity contribution < 1.29 is 17.7 Å². The van der Waals surface area contributed by atoms with E-state index in [0.717, 1.165) is 6.42 Å². The average molecular weight is 441 g/mol. The number of piperidine rings is 1. The number of sulfonamides is 1. The van der Waals surface area contributed by atoms with Gasteiger partial charge in [0.1, 0.15) is 0 Å². The Balaban J connectivity index is 1.71. The van der Waals surface area contributed by atoms with Crippen LogP contribution in [0.15, 0.2) is 15.5 Å². The number of carbonyl (C=O) groups is 1. The molecule has 0 aromatic carbocycles.